The number of carbonyl (C=O) groups is 2. The van der Waals surface area contributed by atoms with E-state index < -0.39 is 18.0 Å². The van der Waals surface area contributed by atoms with Crippen LogP contribution >= 0.6 is 11.8 Å². The Labute approximate surface area is 74.7 Å². The molecule has 4 N–H and O–H groups in total. The van der Waals surface area contributed by atoms with E-state index in [2.05, 4.69) is 5.32 Å². The number of hydrogen-bond acceptors (Lipinski definition) is 3. The highest BCUT2D eigenvalue weighted by molar-refractivity contribution is 7.98. The number of urea groups is 1. The Morgan fingerprint density at radius 3 is 2.58 bits per heavy atom. The van der Waals surface area contributed by atoms with Gasteiger partial charge in [-0.3, -0.25) is 0 Å². The Hall–Kier alpha value is -0.910. The van der Waals surface area contributed by atoms with Gasteiger partial charge >= 0.3 is 12.0 Å². The molecule has 70 valence electrons. The van der Waals surface area contributed by atoms with E-state index in [1.54, 1.807) is 0 Å². The maximum Gasteiger partial charge on any atom is 0.326 e. The number of aliphatic carboxylic acids is 1. The van der Waals surface area contributed by atoms with Crippen LogP contribution in [0.4, 0.5) is 4.79 Å². The largest absolute Gasteiger partial charge is 0.480 e. The SMILES string of the molecule is CSCCC(NC(N)=O)C(=O)O. The summed E-state index contributed by atoms with van der Waals surface area (Å²) in [7, 11) is 0. The smallest absolute Gasteiger partial charge is 0.326 e. The number of nitrogens with one attached hydrogen (secondary N) is 1. The second-order valence-electron chi connectivity index (χ2n) is 2.18. The van der Waals surface area contributed by atoms with Crippen molar-refractivity contribution in [3.05, 3.63) is 0 Å². The number of rotatable bonds is 5. The van der Waals surface area contributed by atoms with E-state index in [0.717, 1.165) is 0 Å². The van der Waals surface area contributed by atoms with Crippen LogP contribution in [0.15, 0.2) is 0 Å². The maximum absolute atomic E-state index is 10.5. The van der Waals surface area contributed by atoms with Crippen molar-refractivity contribution >= 4 is 23.8 Å². The summed E-state index contributed by atoms with van der Waals surface area (Å²) in [5.41, 5.74) is 4.78. The minimum Gasteiger partial charge on any atom is -0.480 e. The molecule has 6 heteroatoms. The fourth-order valence-electron chi connectivity index (χ4n) is 0.665. The minimum absolute atomic E-state index is 0.388. The van der Waals surface area contributed by atoms with Crippen LogP contribution in [-0.4, -0.2) is 35.2 Å². The molecule has 0 bridgehead atoms. The second-order valence-corrected chi connectivity index (χ2v) is 3.17. The van der Waals surface area contributed by atoms with Crippen LogP contribution in [0.3, 0.4) is 0 Å². The van der Waals surface area contributed by atoms with Gasteiger partial charge in [0.25, 0.3) is 0 Å². The average Bonchev–Trinajstić information content (AvgIpc) is 1.96. The van der Waals surface area contributed by atoms with Gasteiger partial charge in [0.05, 0.1) is 0 Å². The Balaban J connectivity index is 3.87. The third kappa shape index (κ3) is 4.84. The predicted molar refractivity (Wildman–Crippen MR) is 47.1 cm³/mol. The van der Waals surface area contributed by atoms with Crippen LogP contribution in [0.5, 0.6) is 0 Å². The molecule has 0 radical (unpaired) electrons. The third-order valence-corrected chi connectivity index (χ3v) is 1.87. The second kappa shape index (κ2) is 5.70. The van der Waals surface area contributed by atoms with Crippen LogP contribution in [0.25, 0.3) is 0 Å². The van der Waals surface area contributed by atoms with Gasteiger partial charge in [0, 0.05) is 0 Å². The van der Waals surface area contributed by atoms with E-state index in [0.29, 0.717) is 12.2 Å². The highest BCUT2D eigenvalue weighted by atomic mass is 32.2. The average molecular weight is 192 g/mol. The number of carbonyl (C=O) groups excluding carboxylic acids is 1. The first kappa shape index (κ1) is 11.1. The predicted octanol–water partition coefficient (Wildman–Crippen LogP) is -0.139. The summed E-state index contributed by atoms with van der Waals surface area (Å²) in [6.45, 7) is 0. The van der Waals surface area contributed by atoms with E-state index in [4.69, 9.17) is 10.8 Å². The summed E-state index contributed by atoms with van der Waals surface area (Å²) in [5.74, 6) is -0.375. The zero-order valence-corrected chi connectivity index (χ0v) is 7.56. The topological polar surface area (TPSA) is 92.4 Å². The van der Waals surface area contributed by atoms with Gasteiger partial charge in [-0.2, -0.15) is 11.8 Å². The van der Waals surface area contributed by atoms with Crippen LogP contribution in [-0.2, 0) is 4.79 Å². The number of primary amides is 1. The van der Waals surface area contributed by atoms with Crippen LogP contribution < -0.4 is 11.1 Å². The minimum atomic E-state index is -1.05. The van der Waals surface area contributed by atoms with Gasteiger partial charge in [0.1, 0.15) is 6.04 Å². The standard InChI is InChI=1S/C6H12N2O3S/c1-12-3-2-4(5(9)10)8-6(7)11/h4H,2-3H2,1H3,(H,9,10)(H3,7,8,11). The Kier molecular flexibility index (Phi) is 5.27. The molecule has 0 rings (SSSR count). The summed E-state index contributed by atoms with van der Waals surface area (Å²) < 4.78 is 0. The van der Waals surface area contributed by atoms with E-state index >= 15 is 0 Å². The van der Waals surface area contributed by atoms with Gasteiger partial charge in [-0.05, 0) is 18.4 Å². The van der Waals surface area contributed by atoms with Crippen molar-refractivity contribution in [2.24, 2.45) is 5.73 Å². The van der Waals surface area contributed by atoms with Crippen LogP contribution in [0, 0.1) is 0 Å². The van der Waals surface area contributed by atoms with Crippen molar-refractivity contribution in [3.8, 4) is 0 Å². The molecule has 0 saturated carbocycles. The molecule has 0 aliphatic rings. The van der Waals surface area contributed by atoms with Crippen molar-refractivity contribution < 1.29 is 14.7 Å². The van der Waals surface area contributed by atoms with Gasteiger partial charge in [0.15, 0.2) is 0 Å². The number of nitrogens with two attached hydrogens (primary N) is 1. The van der Waals surface area contributed by atoms with Gasteiger partial charge in [-0.1, -0.05) is 0 Å². The quantitative estimate of drug-likeness (QED) is 0.565. The summed E-state index contributed by atoms with van der Waals surface area (Å²) in [4.78, 5) is 20.8. The lowest BCUT2D eigenvalue weighted by Crippen LogP contribution is -2.43. The van der Waals surface area contributed by atoms with E-state index in [-0.39, 0.29) is 0 Å². The molecule has 5 nitrogen and oxygen atoms in total. The molecule has 0 heterocycles. The number of carboxylic acid groups (broad SMARTS) is 1. The first-order valence-electron chi connectivity index (χ1n) is 3.35. The summed E-state index contributed by atoms with van der Waals surface area (Å²) >= 11 is 1.52. The molecule has 0 aliphatic carbocycles. The van der Waals surface area contributed by atoms with E-state index in [1.165, 1.54) is 11.8 Å². The molecule has 0 spiro atoms. The molecule has 0 aliphatic heterocycles. The van der Waals surface area contributed by atoms with E-state index in [9.17, 15) is 9.59 Å². The maximum atomic E-state index is 10.5. The fraction of sp³-hybridized carbons (Fsp3) is 0.667. The van der Waals surface area contributed by atoms with Crippen molar-refractivity contribution in [2.45, 2.75) is 12.5 Å². The molecular weight excluding hydrogens is 180 g/mol. The zero-order valence-electron chi connectivity index (χ0n) is 6.74. The summed E-state index contributed by atoms with van der Waals surface area (Å²) in [6.07, 6.45) is 2.25. The van der Waals surface area contributed by atoms with Crippen molar-refractivity contribution in [1.82, 2.24) is 5.32 Å². The van der Waals surface area contributed by atoms with Gasteiger partial charge in [-0.25, -0.2) is 9.59 Å². The Morgan fingerprint density at radius 1 is 1.67 bits per heavy atom. The van der Waals surface area contributed by atoms with Gasteiger partial charge < -0.3 is 16.2 Å². The van der Waals surface area contributed by atoms with E-state index in [1.807, 2.05) is 6.26 Å². The normalized spacial score (nSPS) is 12.1. The summed E-state index contributed by atoms with van der Waals surface area (Å²) in [5, 5.41) is 10.7. The first-order chi connectivity index (χ1) is 5.57. The number of hydrogen-bond donors (Lipinski definition) is 3. The molecular formula is C6H12N2O3S. The molecule has 12 heavy (non-hydrogen) atoms. The zero-order chi connectivity index (χ0) is 9.56. The first-order valence-corrected chi connectivity index (χ1v) is 4.75. The number of amides is 2. The molecule has 1 unspecified atom stereocenters. The summed E-state index contributed by atoms with van der Waals surface area (Å²) in [6, 6.07) is -1.67. The highest BCUT2D eigenvalue weighted by Crippen LogP contribution is 2.00. The van der Waals surface area contributed by atoms with Crippen molar-refractivity contribution in [1.29, 1.82) is 0 Å². The monoisotopic (exact) mass is 192 g/mol. The molecule has 0 aromatic rings. The van der Waals surface area contributed by atoms with Gasteiger partial charge in [0.2, 0.25) is 0 Å². The highest BCUT2D eigenvalue weighted by Gasteiger charge is 2.17. The molecule has 1 atom stereocenters. The Morgan fingerprint density at radius 2 is 2.25 bits per heavy atom. The lowest BCUT2D eigenvalue weighted by atomic mass is 10.2. The van der Waals surface area contributed by atoms with Crippen LogP contribution in [0.1, 0.15) is 6.42 Å². The fourth-order valence-corrected chi connectivity index (χ4v) is 1.14. The molecule has 0 aromatic heterocycles. The van der Waals surface area contributed by atoms with Gasteiger partial charge in [-0.15, -0.1) is 0 Å². The third-order valence-electron chi connectivity index (χ3n) is 1.23. The molecule has 2 amide bonds. The molecule has 0 saturated heterocycles. The van der Waals surface area contributed by atoms with Crippen LogP contribution in [0.2, 0.25) is 0 Å². The lowest BCUT2D eigenvalue weighted by Gasteiger charge is -2.11. The molecule has 0 aromatic carbocycles. The number of carboxylic acids is 1. The van der Waals surface area contributed by atoms with Crippen molar-refractivity contribution in [3.63, 3.8) is 0 Å². The number of thioether (sulfide) groups is 1. The van der Waals surface area contributed by atoms with Crippen molar-refractivity contribution in [2.75, 3.05) is 12.0 Å². The molecule has 0 fully saturated rings. The lowest BCUT2D eigenvalue weighted by molar-refractivity contribution is -0.139. The Bertz CT molecular complexity index is 174.